The van der Waals surface area contributed by atoms with Crippen LogP contribution in [0.25, 0.3) is 0 Å². The van der Waals surface area contributed by atoms with Crippen LogP contribution in [0.2, 0.25) is 0 Å². The van der Waals surface area contributed by atoms with Gasteiger partial charge in [0, 0.05) is 37.8 Å². The molecule has 1 saturated heterocycles. The Labute approximate surface area is 98.6 Å². The number of aliphatic hydroxyl groups excluding tert-OH is 1. The van der Waals surface area contributed by atoms with E-state index in [1.54, 1.807) is 0 Å². The quantitative estimate of drug-likeness (QED) is 0.697. The summed E-state index contributed by atoms with van der Waals surface area (Å²) in [5.74, 6) is 0. The zero-order chi connectivity index (χ0) is 11.6. The zero-order valence-corrected chi connectivity index (χ0v) is 10.6. The highest BCUT2D eigenvalue weighted by Crippen LogP contribution is 2.32. The number of nitrogens with one attached hydrogen (secondary N) is 1. The molecule has 2 N–H and O–H groups in total. The Morgan fingerprint density at radius 3 is 2.50 bits per heavy atom. The van der Waals surface area contributed by atoms with Crippen molar-refractivity contribution in [1.29, 1.82) is 0 Å². The SMILES string of the molecule is CNC1(CO)CCC(N2CCN(C)CC2)C1. The molecule has 1 saturated carbocycles. The molecule has 1 aliphatic heterocycles. The molecule has 2 unspecified atom stereocenters. The molecule has 94 valence electrons. The van der Waals surface area contributed by atoms with Crippen LogP contribution in [0.5, 0.6) is 0 Å². The summed E-state index contributed by atoms with van der Waals surface area (Å²) < 4.78 is 0. The second-order valence-corrected chi connectivity index (χ2v) is 5.42. The van der Waals surface area contributed by atoms with Gasteiger partial charge in [-0.2, -0.15) is 0 Å². The van der Waals surface area contributed by atoms with Gasteiger partial charge in [-0.05, 0) is 33.4 Å². The molecule has 2 rings (SSSR count). The van der Waals surface area contributed by atoms with Crippen LogP contribution in [-0.4, -0.2) is 73.4 Å². The first-order chi connectivity index (χ1) is 7.69. The third-order valence-corrected chi connectivity index (χ3v) is 4.47. The highest BCUT2D eigenvalue weighted by molar-refractivity contribution is 4.99. The molecule has 4 heteroatoms. The minimum atomic E-state index is -0.00594. The van der Waals surface area contributed by atoms with Gasteiger partial charge in [0.2, 0.25) is 0 Å². The average molecular weight is 227 g/mol. The summed E-state index contributed by atoms with van der Waals surface area (Å²) in [5, 5.41) is 12.8. The van der Waals surface area contributed by atoms with Crippen LogP contribution in [0, 0.1) is 0 Å². The molecule has 2 aliphatic rings. The van der Waals surface area contributed by atoms with Crippen molar-refractivity contribution in [3.8, 4) is 0 Å². The highest BCUT2D eigenvalue weighted by Gasteiger charge is 2.40. The van der Waals surface area contributed by atoms with E-state index < -0.39 is 0 Å². The summed E-state index contributed by atoms with van der Waals surface area (Å²) in [6.45, 7) is 5.01. The van der Waals surface area contributed by atoms with Gasteiger partial charge >= 0.3 is 0 Å². The van der Waals surface area contributed by atoms with E-state index in [0.29, 0.717) is 6.04 Å². The monoisotopic (exact) mass is 227 g/mol. The number of hydrogen-bond acceptors (Lipinski definition) is 4. The van der Waals surface area contributed by atoms with Gasteiger partial charge in [-0.3, -0.25) is 4.90 Å². The summed E-state index contributed by atoms with van der Waals surface area (Å²) in [6.07, 6.45) is 3.44. The maximum Gasteiger partial charge on any atom is 0.0613 e. The van der Waals surface area contributed by atoms with Gasteiger partial charge in [0.1, 0.15) is 0 Å². The Kier molecular flexibility index (Phi) is 3.85. The minimum Gasteiger partial charge on any atom is -0.394 e. The standard InChI is InChI=1S/C12H25N3O/c1-13-12(10-16)4-3-11(9-12)15-7-5-14(2)6-8-15/h11,13,16H,3-10H2,1-2H3. The molecule has 2 fully saturated rings. The van der Waals surface area contributed by atoms with Crippen LogP contribution in [-0.2, 0) is 0 Å². The molecule has 0 radical (unpaired) electrons. The number of likely N-dealkylation sites (N-methyl/N-ethyl adjacent to an activating group) is 2. The third kappa shape index (κ3) is 2.40. The molecule has 0 aromatic heterocycles. The molecule has 0 aromatic rings. The van der Waals surface area contributed by atoms with Crippen LogP contribution in [0.4, 0.5) is 0 Å². The Morgan fingerprint density at radius 2 is 2.00 bits per heavy atom. The molecule has 0 amide bonds. The van der Waals surface area contributed by atoms with E-state index in [0.717, 1.165) is 12.8 Å². The van der Waals surface area contributed by atoms with Crippen molar-refractivity contribution in [3.05, 3.63) is 0 Å². The molecule has 0 aromatic carbocycles. The van der Waals surface area contributed by atoms with E-state index in [9.17, 15) is 5.11 Å². The predicted octanol–water partition coefficient (Wildman–Crippen LogP) is -0.263. The Morgan fingerprint density at radius 1 is 1.31 bits per heavy atom. The largest absolute Gasteiger partial charge is 0.394 e. The number of rotatable bonds is 3. The van der Waals surface area contributed by atoms with Crippen molar-refractivity contribution < 1.29 is 5.11 Å². The maximum atomic E-state index is 9.49. The molecule has 0 bridgehead atoms. The Balaban J connectivity index is 1.88. The Hall–Kier alpha value is -0.160. The van der Waals surface area contributed by atoms with E-state index in [1.165, 1.54) is 32.6 Å². The molecular weight excluding hydrogens is 202 g/mol. The summed E-state index contributed by atoms with van der Waals surface area (Å²) >= 11 is 0. The van der Waals surface area contributed by atoms with Crippen LogP contribution in [0.1, 0.15) is 19.3 Å². The third-order valence-electron chi connectivity index (χ3n) is 4.47. The first-order valence-electron chi connectivity index (χ1n) is 6.41. The predicted molar refractivity (Wildman–Crippen MR) is 65.6 cm³/mol. The smallest absolute Gasteiger partial charge is 0.0613 e. The molecule has 4 nitrogen and oxygen atoms in total. The number of hydrogen-bond donors (Lipinski definition) is 2. The van der Waals surface area contributed by atoms with Gasteiger partial charge in [-0.15, -0.1) is 0 Å². The fourth-order valence-corrected chi connectivity index (χ4v) is 3.05. The summed E-state index contributed by atoms with van der Waals surface area (Å²) in [4.78, 5) is 5.00. The first-order valence-corrected chi connectivity index (χ1v) is 6.41. The van der Waals surface area contributed by atoms with Gasteiger partial charge in [-0.25, -0.2) is 0 Å². The van der Waals surface area contributed by atoms with E-state index >= 15 is 0 Å². The minimum absolute atomic E-state index is 0.00594. The van der Waals surface area contributed by atoms with Gasteiger partial charge in [0.15, 0.2) is 0 Å². The van der Waals surface area contributed by atoms with Crippen molar-refractivity contribution in [3.63, 3.8) is 0 Å². The van der Waals surface area contributed by atoms with Crippen LogP contribution in [0.3, 0.4) is 0 Å². The lowest BCUT2D eigenvalue weighted by molar-refractivity contribution is 0.102. The fourth-order valence-electron chi connectivity index (χ4n) is 3.05. The highest BCUT2D eigenvalue weighted by atomic mass is 16.3. The maximum absolute atomic E-state index is 9.49. The second-order valence-electron chi connectivity index (χ2n) is 5.42. The van der Waals surface area contributed by atoms with Crippen molar-refractivity contribution in [2.24, 2.45) is 0 Å². The van der Waals surface area contributed by atoms with E-state index in [4.69, 9.17) is 0 Å². The molecule has 16 heavy (non-hydrogen) atoms. The summed E-state index contributed by atoms with van der Waals surface area (Å²) in [5.41, 5.74) is -0.00594. The van der Waals surface area contributed by atoms with Gasteiger partial charge in [0.25, 0.3) is 0 Å². The Bertz CT molecular complexity index is 222. The van der Waals surface area contributed by atoms with E-state index in [2.05, 4.69) is 22.2 Å². The normalized spacial score (nSPS) is 38.1. The fraction of sp³-hybridized carbons (Fsp3) is 1.00. The first kappa shape index (κ1) is 12.3. The summed E-state index contributed by atoms with van der Waals surface area (Å²) in [6, 6.07) is 0.674. The molecule has 2 atom stereocenters. The van der Waals surface area contributed by atoms with Crippen molar-refractivity contribution in [2.75, 3.05) is 46.9 Å². The van der Waals surface area contributed by atoms with Crippen molar-refractivity contribution >= 4 is 0 Å². The van der Waals surface area contributed by atoms with Crippen LogP contribution in [0.15, 0.2) is 0 Å². The van der Waals surface area contributed by atoms with Crippen molar-refractivity contribution in [1.82, 2.24) is 15.1 Å². The lowest BCUT2D eigenvalue weighted by Crippen LogP contribution is -2.50. The lowest BCUT2D eigenvalue weighted by atomic mass is 9.99. The van der Waals surface area contributed by atoms with E-state index in [1.807, 2.05) is 7.05 Å². The van der Waals surface area contributed by atoms with Gasteiger partial charge < -0.3 is 15.3 Å². The lowest BCUT2D eigenvalue weighted by Gasteiger charge is -2.37. The zero-order valence-electron chi connectivity index (χ0n) is 10.6. The second kappa shape index (κ2) is 5.00. The van der Waals surface area contributed by atoms with E-state index in [-0.39, 0.29) is 12.1 Å². The van der Waals surface area contributed by atoms with Crippen molar-refractivity contribution in [2.45, 2.75) is 30.8 Å². The van der Waals surface area contributed by atoms with Gasteiger partial charge in [-0.1, -0.05) is 0 Å². The van der Waals surface area contributed by atoms with Crippen LogP contribution < -0.4 is 5.32 Å². The topological polar surface area (TPSA) is 38.7 Å². The molecule has 1 aliphatic carbocycles. The van der Waals surface area contributed by atoms with Crippen LogP contribution >= 0.6 is 0 Å². The number of aliphatic hydroxyl groups is 1. The number of nitrogens with zero attached hydrogens (tertiary/aromatic N) is 2. The average Bonchev–Trinajstić information content (AvgIpc) is 2.75. The number of piperazine rings is 1. The molecular formula is C12H25N3O. The molecule has 1 heterocycles. The molecule has 0 spiro atoms. The summed E-state index contributed by atoms with van der Waals surface area (Å²) in [7, 11) is 4.17. The van der Waals surface area contributed by atoms with Gasteiger partial charge in [0.05, 0.1) is 6.61 Å².